The van der Waals surface area contributed by atoms with Gasteiger partial charge >= 0.3 is 0 Å². The van der Waals surface area contributed by atoms with E-state index in [2.05, 4.69) is 11.8 Å². The van der Waals surface area contributed by atoms with Gasteiger partial charge in [-0.15, -0.1) is 0 Å². The van der Waals surface area contributed by atoms with E-state index in [0.717, 1.165) is 48.8 Å². The summed E-state index contributed by atoms with van der Waals surface area (Å²) >= 11 is 6.17. The molecular weight excluding hydrogens is 260 g/mol. The Balaban J connectivity index is 2.05. The Morgan fingerprint density at radius 2 is 2.32 bits per heavy atom. The molecule has 0 saturated carbocycles. The average molecular weight is 283 g/mol. The fraction of sp³-hybridized carbons (Fsp3) is 0.600. The first-order valence-electron chi connectivity index (χ1n) is 6.97. The van der Waals surface area contributed by atoms with Crippen molar-refractivity contribution in [1.82, 2.24) is 4.90 Å². The molecule has 2 rings (SSSR count). The molecule has 1 aliphatic rings. The number of rotatable bonds is 4. The third kappa shape index (κ3) is 3.69. The number of morpholine rings is 1. The molecule has 0 aliphatic carbocycles. The highest BCUT2D eigenvalue weighted by Crippen LogP contribution is 2.24. The molecule has 0 bridgehead atoms. The summed E-state index contributed by atoms with van der Waals surface area (Å²) in [6.45, 7) is 7.98. The number of nitrogens with two attached hydrogens (primary N) is 1. The molecule has 1 aromatic rings. The van der Waals surface area contributed by atoms with Gasteiger partial charge in [0.05, 0.1) is 18.8 Å². The van der Waals surface area contributed by atoms with E-state index in [4.69, 9.17) is 22.1 Å². The molecule has 106 valence electrons. The minimum Gasteiger partial charge on any atom is -0.374 e. The number of hydrogen-bond acceptors (Lipinski definition) is 3. The second-order valence-electron chi connectivity index (χ2n) is 5.24. The van der Waals surface area contributed by atoms with Crippen molar-refractivity contribution in [3.8, 4) is 0 Å². The first-order valence-corrected chi connectivity index (χ1v) is 7.35. The maximum Gasteiger partial charge on any atom is 0.0894 e. The van der Waals surface area contributed by atoms with Crippen molar-refractivity contribution in [2.45, 2.75) is 32.4 Å². The van der Waals surface area contributed by atoms with Crippen molar-refractivity contribution in [3.63, 3.8) is 0 Å². The first kappa shape index (κ1) is 14.8. The number of aryl methyl sites for hydroxylation is 1. The second-order valence-corrected chi connectivity index (χ2v) is 5.65. The Bertz CT molecular complexity index is 423. The second kappa shape index (κ2) is 6.71. The normalized spacial score (nSPS) is 22.4. The van der Waals surface area contributed by atoms with E-state index in [1.807, 2.05) is 25.1 Å². The monoisotopic (exact) mass is 282 g/mol. The highest BCUT2D eigenvalue weighted by atomic mass is 35.5. The van der Waals surface area contributed by atoms with E-state index in [-0.39, 0.29) is 12.1 Å². The van der Waals surface area contributed by atoms with Crippen LogP contribution >= 0.6 is 11.6 Å². The Morgan fingerprint density at radius 3 is 3.00 bits per heavy atom. The van der Waals surface area contributed by atoms with Crippen LogP contribution in [0.15, 0.2) is 18.2 Å². The smallest absolute Gasteiger partial charge is 0.0894 e. The van der Waals surface area contributed by atoms with Crippen molar-refractivity contribution >= 4 is 11.6 Å². The Hall–Kier alpha value is -0.610. The van der Waals surface area contributed by atoms with Crippen molar-refractivity contribution in [3.05, 3.63) is 34.3 Å². The predicted molar refractivity (Wildman–Crippen MR) is 79.6 cm³/mol. The maximum absolute atomic E-state index is 6.34. The average Bonchev–Trinajstić information content (AvgIpc) is 2.42. The third-order valence-electron chi connectivity index (χ3n) is 3.70. The van der Waals surface area contributed by atoms with Gasteiger partial charge < -0.3 is 10.5 Å². The molecule has 1 fully saturated rings. The van der Waals surface area contributed by atoms with Gasteiger partial charge in [-0.1, -0.05) is 30.7 Å². The molecule has 3 nitrogen and oxygen atoms in total. The molecule has 2 N–H and O–H groups in total. The summed E-state index contributed by atoms with van der Waals surface area (Å²) in [5, 5.41) is 0.772. The molecule has 0 amide bonds. The third-order valence-corrected chi connectivity index (χ3v) is 4.11. The van der Waals surface area contributed by atoms with Crippen LogP contribution in [0.2, 0.25) is 5.02 Å². The molecule has 1 aromatic carbocycles. The highest BCUT2D eigenvalue weighted by Gasteiger charge is 2.26. The zero-order valence-corrected chi connectivity index (χ0v) is 12.5. The summed E-state index contributed by atoms with van der Waals surface area (Å²) in [6, 6.07) is 5.92. The lowest BCUT2D eigenvalue weighted by atomic mass is 9.99. The van der Waals surface area contributed by atoms with Crippen molar-refractivity contribution in [2.75, 3.05) is 26.2 Å². The van der Waals surface area contributed by atoms with E-state index in [1.54, 1.807) is 0 Å². The van der Waals surface area contributed by atoms with Gasteiger partial charge in [0.25, 0.3) is 0 Å². The minimum atomic E-state index is -0.113. The van der Waals surface area contributed by atoms with Gasteiger partial charge in [-0.3, -0.25) is 4.90 Å². The lowest BCUT2D eigenvalue weighted by Gasteiger charge is -2.35. The number of nitrogens with zero attached hydrogens (tertiary/aromatic N) is 1. The van der Waals surface area contributed by atoms with Gasteiger partial charge in [0.1, 0.15) is 0 Å². The summed E-state index contributed by atoms with van der Waals surface area (Å²) in [5.74, 6) is 0. The van der Waals surface area contributed by atoms with Crippen molar-refractivity contribution in [1.29, 1.82) is 0 Å². The topological polar surface area (TPSA) is 38.5 Å². The van der Waals surface area contributed by atoms with Crippen LogP contribution in [-0.4, -0.2) is 37.2 Å². The van der Waals surface area contributed by atoms with Gasteiger partial charge in [-0.2, -0.15) is 0 Å². The van der Waals surface area contributed by atoms with Crippen LogP contribution in [0.4, 0.5) is 0 Å². The van der Waals surface area contributed by atoms with Crippen LogP contribution in [0, 0.1) is 6.92 Å². The summed E-state index contributed by atoms with van der Waals surface area (Å²) in [5.41, 5.74) is 8.47. The fourth-order valence-corrected chi connectivity index (χ4v) is 2.69. The molecule has 1 aliphatic heterocycles. The summed E-state index contributed by atoms with van der Waals surface area (Å²) in [6.07, 6.45) is 1.22. The van der Waals surface area contributed by atoms with Crippen LogP contribution in [-0.2, 0) is 4.74 Å². The van der Waals surface area contributed by atoms with Crippen LogP contribution in [0.1, 0.15) is 30.5 Å². The highest BCUT2D eigenvalue weighted by molar-refractivity contribution is 6.31. The van der Waals surface area contributed by atoms with E-state index >= 15 is 0 Å². The molecule has 1 heterocycles. The zero-order chi connectivity index (χ0) is 13.8. The quantitative estimate of drug-likeness (QED) is 0.923. The number of hydrogen-bond donors (Lipinski definition) is 1. The number of benzene rings is 1. The molecule has 0 aromatic heterocycles. The maximum atomic E-state index is 6.34. The van der Waals surface area contributed by atoms with E-state index in [1.165, 1.54) is 0 Å². The number of halogens is 1. The van der Waals surface area contributed by atoms with Gasteiger partial charge in [0.15, 0.2) is 0 Å². The SMILES string of the molecule is CCCN1CCOC(C(N)c2ccc(C)c(Cl)c2)C1. The Labute approximate surface area is 120 Å². The molecule has 0 spiro atoms. The molecule has 2 unspecified atom stereocenters. The molecule has 0 radical (unpaired) electrons. The zero-order valence-electron chi connectivity index (χ0n) is 11.7. The van der Waals surface area contributed by atoms with Crippen molar-refractivity contribution < 1.29 is 4.74 Å². The molecule has 1 saturated heterocycles. The Morgan fingerprint density at radius 1 is 1.53 bits per heavy atom. The summed E-state index contributed by atoms with van der Waals surface area (Å²) in [7, 11) is 0. The van der Waals surface area contributed by atoms with Crippen LogP contribution in [0.3, 0.4) is 0 Å². The number of ether oxygens (including phenoxy) is 1. The molecule has 4 heteroatoms. The first-order chi connectivity index (χ1) is 9.11. The fourth-order valence-electron chi connectivity index (χ4n) is 2.50. The van der Waals surface area contributed by atoms with E-state index in [0.29, 0.717) is 0 Å². The lowest BCUT2D eigenvalue weighted by molar-refractivity contribution is -0.0407. The van der Waals surface area contributed by atoms with E-state index in [9.17, 15) is 0 Å². The largest absolute Gasteiger partial charge is 0.374 e. The predicted octanol–water partition coefficient (Wildman–Crippen LogP) is 2.76. The van der Waals surface area contributed by atoms with Gasteiger partial charge in [-0.25, -0.2) is 0 Å². The Kier molecular flexibility index (Phi) is 5.22. The molecular formula is C15H23ClN2O. The summed E-state index contributed by atoms with van der Waals surface area (Å²) < 4.78 is 5.83. The van der Waals surface area contributed by atoms with E-state index < -0.39 is 0 Å². The standard InChI is InChI=1S/C15H23ClN2O/c1-3-6-18-7-8-19-14(10-18)15(17)12-5-4-11(2)13(16)9-12/h4-5,9,14-15H,3,6-8,10,17H2,1-2H3. The molecule has 19 heavy (non-hydrogen) atoms. The van der Waals surface area contributed by atoms with Crippen molar-refractivity contribution in [2.24, 2.45) is 5.73 Å². The van der Waals surface area contributed by atoms with Crippen LogP contribution < -0.4 is 5.73 Å². The van der Waals surface area contributed by atoms with Crippen LogP contribution in [0.25, 0.3) is 0 Å². The van der Waals surface area contributed by atoms with Gasteiger partial charge in [-0.05, 0) is 37.1 Å². The lowest BCUT2D eigenvalue weighted by Crippen LogP contribution is -2.47. The minimum absolute atomic E-state index is 0.0547. The van der Waals surface area contributed by atoms with Gasteiger partial charge in [0.2, 0.25) is 0 Å². The summed E-state index contributed by atoms with van der Waals surface area (Å²) in [4.78, 5) is 2.42. The van der Waals surface area contributed by atoms with Gasteiger partial charge in [0, 0.05) is 18.1 Å². The molecule has 2 atom stereocenters. The van der Waals surface area contributed by atoms with Crippen LogP contribution in [0.5, 0.6) is 0 Å².